The van der Waals surface area contributed by atoms with Crippen LogP contribution in [0.3, 0.4) is 0 Å². The molecular weight excluding hydrogens is 562 g/mol. The average Bonchev–Trinajstić information content (AvgIpc) is 2.92. The van der Waals surface area contributed by atoms with Crippen molar-refractivity contribution in [1.82, 2.24) is 0 Å². The Labute approximate surface area is 365 Å². The van der Waals surface area contributed by atoms with Crippen molar-refractivity contribution in [3.05, 3.63) is 0 Å². The molecule has 0 aromatic heterocycles. The van der Waals surface area contributed by atoms with Gasteiger partial charge in [-0.05, 0) is 0 Å². The minimum absolute atomic E-state index is 0.650. The molecule has 0 rings (SSSR count). The summed E-state index contributed by atoms with van der Waals surface area (Å²) >= 11 is 0. The van der Waals surface area contributed by atoms with E-state index in [1.165, 1.54) is 0 Å². The fraction of sp³-hybridized carbons (Fsp3) is 0. The van der Waals surface area contributed by atoms with Gasteiger partial charge < -0.3 is 0 Å². The maximum absolute atomic E-state index is 2.72. The van der Waals surface area contributed by atoms with Crippen molar-refractivity contribution in [3.63, 3.8) is 0 Å². The minimum Gasteiger partial charge on any atom is 0.00000949 e. The summed E-state index contributed by atoms with van der Waals surface area (Å²) in [5.41, 5.74) is 0. The highest BCUT2D eigenvalue weighted by atomic mass is 13.4. The zero-order chi connectivity index (χ0) is 41.4. The van der Waals surface area contributed by atoms with Gasteiger partial charge in [0.1, 0.15) is 0 Å². The van der Waals surface area contributed by atoms with E-state index in [-0.39, 0.29) is 0 Å². The van der Waals surface area contributed by atoms with Crippen LogP contribution in [0.15, 0.2) is 0 Å². The normalized spacial score (nSPS) is 9.69. The van der Waals surface area contributed by atoms with Crippen LogP contribution in [0.4, 0.5) is 0 Å². The van der Waals surface area contributed by atoms with Crippen molar-refractivity contribution < 1.29 is 0 Å². The van der Waals surface area contributed by atoms with E-state index >= 15 is 0 Å². The predicted octanol–water partition coefficient (Wildman–Crippen LogP) is -34.3. The van der Waals surface area contributed by atoms with Gasteiger partial charge in [0.05, 0.1) is 209 Å². The zero-order valence-electron chi connectivity index (χ0n) is 41.4. The zero-order valence-corrected chi connectivity index (χ0v) is 41.4. The summed E-state index contributed by atoms with van der Waals surface area (Å²) in [6, 6.07) is 0. The second-order valence-electron chi connectivity index (χ2n) is 23.4. The summed E-state index contributed by atoms with van der Waals surface area (Å²) < 4.78 is 0. The largest absolute Gasteiger partial charge is 0.0552 e. The van der Waals surface area contributed by atoms with Gasteiger partial charge >= 0.3 is 0 Å². The first-order valence-electron chi connectivity index (χ1n) is 23.6. The number of rotatable bonds is 24. The van der Waals surface area contributed by atoms with Gasteiger partial charge in [0.15, 0.2) is 0 Å². The third kappa shape index (κ3) is 14.8. The van der Waals surface area contributed by atoms with Crippen LogP contribution < -0.4 is 0 Å². The molecule has 0 aromatic rings. The first kappa shape index (κ1) is 55.4. The van der Waals surface area contributed by atoms with E-state index in [9.17, 15) is 0 Å². The van der Waals surface area contributed by atoms with Crippen molar-refractivity contribution in [1.29, 1.82) is 0 Å². The maximum Gasteiger partial charge on any atom is 0.0552 e. The lowest BCUT2D eigenvalue weighted by Crippen LogP contribution is -2.95. The molecule has 0 spiro atoms. The third-order valence-corrected chi connectivity index (χ3v) is 15.3. The van der Waals surface area contributed by atoms with Crippen molar-refractivity contribution >= 4 is 369 Å². The quantitative estimate of drug-likeness (QED) is 0.0947. The van der Waals surface area contributed by atoms with Crippen molar-refractivity contribution in [2.75, 3.05) is 0 Å². The Hall–Kier alpha value is 3.38. The van der Waals surface area contributed by atoms with Gasteiger partial charge in [-0.1, -0.05) is 0 Å². The molecule has 0 aliphatic heterocycles. The number of hydrogen-bond donors (Lipinski definition) is 0. The van der Waals surface area contributed by atoms with Crippen LogP contribution in [0.25, 0.3) is 0 Å². The Kier molecular flexibility index (Phi) is 26.9. The van der Waals surface area contributed by atoms with Gasteiger partial charge in [-0.3, -0.25) is 0 Å². The van der Waals surface area contributed by atoms with Gasteiger partial charge in [-0.2, -0.15) is 0 Å². The molecule has 0 amide bonds. The lowest BCUT2D eigenvalue weighted by atomic mass is 8.24. The van der Waals surface area contributed by atoms with Crippen LogP contribution in [0.2, 0.25) is 0 Å². The monoisotopic (exact) mass is 627 g/mol. The number of hydrogen-bond acceptors (Lipinski definition) is 0. The first-order chi connectivity index (χ1) is 23.6. The molecule has 0 saturated heterocycles. The van der Waals surface area contributed by atoms with E-state index in [0.29, 0.717) is 160 Å². The summed E-state index contributed by atoms with van der Waals surface area (Å²) in [7, 11) is 70.6. The molecule has 0 saturated carbocycles. The van der Waals surface area contributed by atoms with E-state index in [1.54, 1.807) is 0 Å². The SMILES string of the molecule is BB(B)B(B)B(B(B(B)B)B(B)B)B(B(B(B)B)B(B)B)B(B(B(B(B)B)B(B)B)B(B(B)B)B(B)B)B(B(B(B)B)B(B)B)B(B(B)B)B(B)B. The molecule has 0 heterocycles. The molecule has 52 heavy (non-hydrogen) atoms. The first-order valence-corrected chi connectivity index (χ1v) is 23.6. The summed E-state index contributed by atoms with van der Waals surface area (Å²) in [5.74, 6) is 0. The Morgan fingerprint density at radius 3 is 0.365 bits per heavy atom. The molecular formula is H54B52. The lowest BCUT2D eigenvalue weighted by Gasteiger charge is -2.56. The second kappa shape index (κ2) is 25.2. The van der Waals surface area contributed by atoms with Crippen molar-refractivity contribution in [2.45, 2.75) is 0 Å². The highest BCUT2D eigenvalue weighted by Gasteiger charge is 2.61. The lowest BCUT2D eigenvalue weighted by molar-refractivity contribution is 3.18. The molecule has 52 heteroatoms. The van der Waals surface area contributed by atoms with Crippen LogP contribution >= 0.6 is 0 Å². The molecule has 210 valence electrons. The molecule has 0 N–H and O–H groups in total. The van der Waals surface area contributed by atoms with Gasteiger partial charge in [-0.25, -0.2) is 0 Å². The van der Waals surface area contributed by atoms with E-state index < -0.39 is 0 Å². The second-order valence-corrected chi connectivity index (χ2v) is 23.4. The average molecular weight is 617 g/mol. The standard InChI is InChI=1S/B52H54/c1-28(2)41(27)48(42(29(3)4)30(5)6)51(47(39(23)24)40(25)26)52(49(43(31(7)8)32(9)10)44(33(11)12)34(13)14)50(45(35(15)16)36(17)18)46(37(19)20)38(21)22/h1-27H2. The highest BCUT2D eigenvalue weighted by Crippen LogP contribution is 2.22. The Balaban J connectivity index is 9.73. The fourth-order valence-electron chi connectivity index (χ4n) is 14.4. The van der Waals surface area contributed by atoms with Crippen molar-refractivity contribution in [3.8, 4) is 0 Å². The molecule has 0 aromatic carbocycles. The van der Waals surface area contributed by atoms with E-state index in [1.807, 2.05) is 0 Å². The van der Waals surface area contributed by atoms with E-state index in [4.69, 9.17) is 0 Å². The molecule has 0 aliphatic carbocycles. The Bertz CT molecular complexity index is 776. The molecule has 0 nitrogen and oxygen atoms in total. The maximum atomic E-state index is 2.72. The van der Waals surface area contributed by atoms with Gasteiger partial charge in [0, 0.05) is 160 Å². The topological polar surface area (TPSA) is 0 Å². The molecule has 0 radical (unpaired) electrons. The van der Waals surface area contributed by atoms with Gasteiger partial charge in [0.2, 0.25) is 0 Å². The third-order valence-electron chi connectivity index (χ3n) is 15.3. The van der Waals surface area contributed by atoms with Gasteiger partial charge in [-0.15, -0.1) is 0 Å². The van der Waals surface area contributed by atoms with Crippen LogP contribution in [-0.4, -0.2) is 369 Å². The predicted molar refractivity (Wildman–Crippen MR) is 375 cm³/mol. The fourth-order valence-corrected chi connectivity index (χ4v) is 14.4. The van der Waals surface area contributed by atoms with Crippen molar-refractivity contribution in [2.24, 2.45) is 0 Å². The summed E-state index contributed by atoms with van der Waals surface area (Å²) in [6.07, 6.45) is 16.8. The molecule has 0 atom stereocenters. The molecule has 0 fully saturated rings. The minimum atomic E-state index is 0.650. The van der Waals surface area contributed by atoms with Crippen LogP contribution in [0, 0.1) is 0 Å². The van der Waals surface area contributed by atoms with E-state index in [2.05, 4.69) is 209 Å². The van der Waals surface area contributed by atoms with Gasteiger partial charge in [0.25, 0.3) is 0 Å². The van der Waals surface area contributed by atoms with Crippen LogP contribution in [-0.2, 0) is 0 Å². The van der Waals surface area contributed by atoms with E-state index in [0.717, 1.165) is 0 Å². The summed E-state index contributed by atoms with van der Waals surface area (Å²) in [6.45, 7) is 0. The molecule has 0 aliphatic rings. The summed E-state index contributed by atoms with van der Waals surface area (Å²) in [5, 5.41) is 0. The molecule has 0 bridgehead atoms. The Morgan fingerprint density at radius 2 is 0.231 bits per heavy atom. The molecule has 0 unspecified atom stereocenters. The smallest absolute Gasteiger partial charge is 0.00000949 e. The Morgan fingerprint density at radius 1 is 0.115 bits per heavy atom. The highest BCUT2D eigenvalue weighted by molar-refractivity contribution is 8.36. The van der Waals surface area contributed by atoms with Crippen LogP contribution in [0.5, 0.6) is 0 Å². The summed E-state index contributed by atoms with van der Waals surface area (Å²) in [4.78, 5) is 0. The van der Waals surface area contributed by atoms with Crippen LogP contribution in [0.1, 0.15) is 0 Å².